The first-order chi connectivity index (χ1) is 3.46. The smallest absolute Gasteiger partial charge is 0.481 e. The molecule has 0 spiro atoms. The molecule has 72 valence electrons. The first-order valence-electron chi connectivity index (χ1n) is 1.86. The van der Waals surface area contributed by atoms with Crippen LogP contribution in [0.2, 0.25) is 0 Å². The Morgan fingerprint density at radius 2 is 0.909 bits per heavy atom. The van der Waals surface area contributed by atoms with Crippen molar-refractivity contribution in [2.24, 2.45) is 0 Å². The fraction of sp³-hybridized carbons (Fsp3) is 0.333. The van der Waals surface area contributed by atoms with Crippen LogP contribution >= 0.6 is 0 Å². The van der Waals surface area contributed by atoms with E-state index in [1.54, 1.807) is 0 Å². The van der Waals surface area contributed by atoms with E-state index in [1.807, 2.05) is 0 Å². The van der Waals surface area contributed by atoms with Gasteiger partial charge < -0.3 is 25.1 Å². The normalized spacial score (nSPS) is 4.55. The van der Waals surface area contributed by atoms with E-state index in [1.165, 1.54) is 0 Å². The maximum atomic E-state index is 9.00. The van der Waals surface area contributed by atoms with Gasteiger partial charge in [-0.1, -0.05) is 0 Å². The molecule has 0 bridgehead atoms. The number of hydrogen-bond donors (Lipinski definition) is 2. The van der Waals surface area contributed by atoms with E-state index in [9.17, 15) is 0 Å². The van der Waals surface area contributed by atoms with Crippen LogP contribution in [-0.2, 0) is 30.0 Å². The van der Waals surface area contributed by atoms with Gasteiger partial charge in [-0.05, 0) is 0 Å². The zero-order chi connectivity index (χ0) is 7.15. The van der Waals surface area contributed by atoms with Gasteiger partial charge in [0.2, 0.25) is 0 Å². The zero-order valence-corrected chi connectivity index (χ0v) is 8.58. The molecule has 0 atom stereocenters. The number of rotatable bonds is 0. The fourth-order valence-corrected chi connectivity index (χ4v) is 0. The van der Waals surface area contributed by atoms with Crippen molar-refractivity contribution in [2.75, 3.05) is 0 Å². The van der Waals surface area contributed by atoms with E-state index in [4.69, 9.17) is 19.8 Å². The van der Waals surface area contributed by atoms with Gasteiger partial charge in [0.05, 0.1) is 0 Å². The van der Waals surface area contributed by atoms with Crippen molar-refractivity contribution in [3.8, 4) is 0 Å². The van der Waals surface area contributed by atoms with Crippen molar-refractivity contribution < 1.29 is 40.2 Å². The zero-order valence-electron chi connectivity index (χ0n) is 7.03. The Bertz CT molecular complexity index is 72.6. The first-order valence-corrected chi connectivity index (χ1v) is 1.86. The van der Waals surface area contributed by atoms with Crippen LogP contribution in [0.15, 0.2) is 0 Å². The third kappa shape index (κ3) is 3510. The summed E-state index contributed by atoms with van der Waals surface area (Å²) in [6.07, 6.45) is 0. The predicted octanol–water partition coefficient (Wildman–Crippen LogP) is 1.08. The number of aliphatic carboxylic acids is 2. The van der Waals surface area contributed by atoms with Crippen molar-refractivity contribution in [2.45, 2.75) is 13.8 Å². The molecule has 0 unspecified atom stereocenters. The molecule has 11 heavy (non-hydrogen) atoms. The summed E-state index contributed by atoms with van der Waals surface area (Å²) in [5.74, 6) is -1.67. The van der Waals surface area contributed by atoms with Gasteiger partial charge in [-0.2, -0.15) is 0 Å². The third-order valence-corrected chi connectivity index (χ3v) is 0. The standard InChI is InChI=1S/2C2H4O2.2CH3.Pd/c2*1-2(3)4;;;/h2*1H3,(H,3,4);2*1H3;/q;;2*-1;+2. The second kappa shape index (κ2) is 22.6. The maximum absolute atomic E-state index is 9.00. The van der Waals surface area contributed by atoms with Crippen LogP contribution in [0.1, 0.15) is 13.8 Å². The SMILES string of the molecule is CC(=O)O.CC(=O)O.[CH3-].[CH3-].[Pd+2]. The van der Waals surface area contributed by atoms with Crippen molar-refractivity contribution >= 4 is 11.9 Å². The van der Waals surface area contributed by atoms with E-state index in [0.29, 0.717) is 0 Å². The molecule has 0 aromatic heterocycles. The van der Waals surface area contributed by atoms with Crippen LogP contribution in [0.3, 0.4) is 0 Å². The Morgan fingerprint density at radius 3 is 0.909 bits per heavy atom. The summed E-state index contributed by atoms with van der Waals surface area (Å²) in [7, 11) is 0. The van der Waals surface area contributed by atoms with E-state index < -0.39 is 11.9 Å². The number of carboxylic acid groups (broad SMARTS) is 2. The quantitative estimate of drug-likeness (QED) is 0.502. The number of carboxylic acids is 2. The summed E-state index contributed by atoms with van der Waals surface area (Å²) in [5.41, 5.74) is 0. The summed E-state index contributed by atoms with van der Waals surface area (Å²) in [6.45, 7) is 2.17. The van der Waals surface area contributed by atoms with Crippen molar-refractivity contribution in [3.05, 3.63) is 14.9 Å². The van der Waals surface area contributed by atoms with Gasteiger partial charge in [0, 0.05) is 13.8 Å². The molecule has 0 heterocycles. The van der Waals surface area contributed by atoms with Crippen molar-refractivity contribution in [3.63, 3.8) is 0 Å². The molecule has 0 saturated heterocycles. The Balaban J connectivity index is -0.0000000171. The minimum absolute atomic E-state index is 0. The van der Waals surface area contributed by atoms with Gasteiger partial charge in [-0.15, -0.1) is 0 Å². The summed E-state index contributed by atoms with van der Waals surface area (Å²) in [5, 5.41) is 14.8. The predicted molar refractivity (Wildman–Crippen MR) is 39.4 cm³/mol. The van der Waals surface area contributed by atoms with Crippen LogP contribution in [0.5, 0.6) is 0 Å². The maximum Gasteiger partial charge on any atom is 2.00 e. The Kier molecular flexibility index (Phi) is 64.1. The van der Waals surface area contributed by atoms with Crippen LogP contribution < -0.4 is 0 Å². The van der Waals surface area contributed by atoms with Crippen LogP contribution in [-0.4, -0.2) is 22.2 Å². The average molecular weight is 257 g/mol. The average Bonchev–Trinajstić information content (AvgIpc) is 1.25. The van der Waals surface area contributed by atoms with Crippen molar-refractivity contribution in [1.29, 1.82) is 0 Å². The summed E-state index contributed by atoms with van der Waals surface area (Å²) in [4.78, 5) is 18.0. The molecule has 0 aliphatic rings. The number of hydrogen-bond acceptors (Lipinski definition) is 2. The first kappa shape index (κ1) is 31.1. The second-order valence-electron chi connectivity index (χ2n) is 1.04. The molecule has 4 nitrogen and oxygen atoms in total. The van der Waals surface area contributed by atoms with E-state index in [-0.39, 0.29) is 35.3 Å². The Morgan fingerprint density at radius 1 is 0.909 bits per heavy atom. The van der Waals surface area contributed by atoms with Gasteiger partial charge in [-0.25, -0.2) is 0 Å². The molecule has 0 radical (unpaired) electrons. The molecule has 0 rings (SSSR count). The molecule has 0 aliphatic heterocycles. The second-order valence-corrected chi connectivity index (χ2v) is 1.04. The van der Waals surface area contributed by atoms with Gasteiger partial charge in [0.15, 0.2) is 0 Å². The minimum atomic E-state index is -0.833. The van der Waals surface area contributed by atoms with Crippen LogP contribution in [0, 0.1) is 14.9 Å². The molecule has 0 aliphatic carbocycles. The van der Waals surface area contributed by atoms with Gasteiger partial charge in [0.1, 0.15) is 0 Å². The molecule has 0 fully saturated rings. The molecule has 2 N–H and O–H groups in total. The molecule has 0 aromatic rings. The summed E-state index contributed by atoms with van der Waals surface area (Å²) < 4.78 is 0. The van der Waals surface area contributed by atoms with Gasteiger partial charge >= 0.3 is 20.4 Å². The monoisotopic (exact) mass is 256 g/mol. The van der Waals surface area contributed by atoms with Crippen molar-refractivity contribution in [1.82, 2.24) is 0 Å². The molecular formula is C6H14O4Pd. The van der Waals surface area contributed by atoms with E-state index in [2.05, 4.69) is 0 Å². The van der Waals surface area contributed by atoms with Gasteiger partial charge in [0.25, 0.3) is 11.9 Å². The largest absolute Gasteiger partial charge is 2.00 e. The van der Waals surface area contributed by atoms with E-state index >= 15 is 0 Å². The third-order valence-electron chi connectivity index (χ3n) is 0. The summed E-state index contributed by atoms with van der Waals surface area (Å²) >= 11 is 0. The van der Waals surface area contributed by atoms with Crippen LogP contribution in [0.4, 0.5) is 0 Å². The fourth-order valence-electron chi connectivity index (χ4n) is 0. The molecular weight excluding hydrogens is 242 g/mol. The minimum Gasteiger partial charge on any atom is -0.481 e. The van der Waals surface area contributed by atoms with Crippen LogP contribution in [0.25, 0.3) is 0 Å². The van der Waals surface area contributed by atoms with E-state index in [0.717, 1.165) is 13.8 Å². The molecule has 0 aromatic carbocycles. The van der Waals surface area contributed by atoms with Gasteiger partial charge in [-0.3, -0.25) is 9.59 Å². The molecule has 5 heteroatoms. The Labute approximate surface area is 81.3 Å². The molecule has 0 amide bonds. The number of carbonyl (C=O) groups is 2. The molecule has 0 saturated carbocycles. The Hall–Kier alpha value is -0.398. The topological polar surface area (TPSA) is 74.6 Å². The summed E-state index contributed by atoms with van der Waals surface area (Å²) in [6, 6.07) is 0.